The highest BCUT2D eigenvalue weighted by molar-refractivity contribution is 5.76. The number of nitrogens with one attached hydrogen (secondary N) is 1. The van der Waals surface area contributed by atoms with Gasteiger partial charge >= 0.3 is 0 Å². The number of rotatable bonds is 10. The summed E-state index contributed by atoms with van der Waals surface area (Å²) in [5.74, 6) is 0.365. The zero-order chi connectivity index (χ0) is 15.5. The molecule has 0 bridgehead atoms. The molecule has 1 aromatic rings. The van der Waals surface area contributed by atoms with Crippen LogP contribution in [0.3, 0.4) is 0 Å². The lowest BCUT2D eigenvalue weighted by atomic mass is 10.1. The van der Waals surface area contributed by atoms with Gasteiger partial charge in [-0.05, 0) is 31.0 Å². The highest BCUT2D eigenvalue weighted by atomic mass is 16.3. The average Bonchev–Trinajstić information content (AvgIpc) is 2.47. The molecular weight excluding hydrogens is 262 g/mol. The summed E-state index contributed by atoms with van der Waals surface area (Å²) in [6.07, 6.45) is 9.17. The van der Waals surface area contributed by atoms with Gasteiger partial charge in [-0.15, -0.1) is 0 Å². The summed E-state index contributed by atoms with van der Waals surface area (Å²) in [7, 11) is 0. The Morgan fingerprint density at radius 3 is 2.24 bits per heavy atom. The van der Waals surface area contributed by atoms with Gasteiger partial charge in [-0.2, -0.15) is 0 Å². The fraction of sp³-hybridized carbons (Fsp3) is 0.611. The molecule has 1 rings (SSSR count). The fourth-order valence-electron chi connectivity index (χ4n) is 2.40. The molecule has 3 heteroatoms. The van der Waals surface area contributed by atoms with Crippen LogP contribution in [0, 0.1) is 0 Å². The first-order chi connectivity index (χ1) is 10.1. The summed E-state index contributed by atoms with van der Waals surface area (Å²) in [4.78, 5) is 11.9. The number of benzene rings is 1. The quantitative estimate of drug-likeness (QED) is 0.613. The van der Waals surface area contributed by atoms with Gasteiger partial charge in [-0.1, -0.05) is 57.6 Å². The van der Waals surface area contributed by atoms with Crippen molar-refractivity contribution >= 4 is 5.91 Å². The molecule has 0 aliphatic rings. The second kappa shape index (κ2) is 10.3. The van der Waals surface area contributed by atoms with Crippen molar-refractivity contribution in [1.29, 1.82) is 0 Å². The highest BCUT2D eigenvalue weighted by Gasteiger charge is 2.09. The molecule has 1 unspecified atom stereocenters. The molecule has 0 heterocycles. The van der Waals surface area contributed by atoms with Crippen molar-refractivity contribution in [2.45, 2.75) is 71.3 Å². The van der Waals surface area contributed by atoms with E-state index in [1.165, 1.54) is 32.1 Å². The second-order valence-corrected chi connectivity index (χ2v) is 5.75. The van der Waals surface area contributed by atoms with E-state index in [2.05, 4.69) is 12.2 Å². The summed E-state index contributed by atoms with van der Waals surface area (Å²) < 4.78 is 0. The lowest BCUT2D eigenvalue weighted by Crippen LogP contribution is -2.26. The Morgan fingerprint density at radius 2 is 1.62 bits per heavy atom. The molecule has 0 aliphatic carbocycles. The van der Waals surface area contributed by atoms with Crippen LogP contribution in [0.2, 0.25) is 0 Å². The molecule has 21 heavy (non-hydrogen) atoms. The minimum atomic E-state index is -0.0114. The Morgan fingerprint density at radius 1 is 1.05 bits per heavy atom. The van der Waals surface area contributed by atoms with Gasteiger partial charge in [0.2, 0.25) is 5.91 Å². The number of phenolic OH excluding ortho intramolecular Hbond substituents is 1. The number of aromatic hydroxyl groups is 1. The van der Waals surface area contributed by atoms with Gasteiger partial charge in [-0.25, -0.2) is 0 Å². The number of hydrogen-bond acceptors (Lipinski definition) is 2. The lowest BCUT2D eigenvalue weighted by molar-refractivity contribution is -0.121. The van der Waals surface area contributed by atoms with Gasteiger partial charge in [0.25, 0.3) is 0 Å². The zero-order valence-corrected chi connectivity index (χ0v) is 13.4. The summed E-state index contributed by atoms with van der Waals surface area (Å²) in [5, 5.41) is 12.3. The van der Waals surface area contributed by atoms with Gasteiger partial charge < -0.3 is 10.4 Å². The number of unbranched alkanes of at least 4 members (excludes halogenated alkanes) is 6. The minimum absolute atomic E-state index is 0.0114. The van der Waals surface area contributed by atoms with Gasteiger partial charge in [0.15, 0.2) is 0 Å². The van der Waals surface area contributed by atoms with Crippen LogP contribution in [-0.2, 0) is 4.79 Å². The Balaban J connectivity index is 2.14. The van der Waals surface area contributed by atoms with Gasteiger partial charge in [0.1, 0.15) is 5.75 Å². The average molecular weight is 291 g/mol. The Kier molecular flexibility index (Phi) is 8.56. The van der Waals surface area contributed by atoms with E-state index >= 15 is 0 Å². The summed E-state index contributed by atoms with van der Waals surface area (Å²) in [6, 6.07) is 6.97. The van der Waals surface area contributed by atoms with Crippen LogP contribution in [0.1, 0.15) is 76.8 Å². The van der Waals surface area contributed by atoms with E-state index in [1.807, 2.05) is 19.1 Å². The molecule has 118 valence electrons. The van der Waals surface area contributed by atoms with Crippen molar-refractivity contribution in [2.75, 3.05) is 0 Å². The number of phenols is 1. The molecule has 2 N–H and O–H groups in total. The van der Waals surface area contributed by atoms with Crippen LogP contribution < -0.4 is 5.32 Å². The molecule has 0 spiro atoms. The first-order valence-electron chi connectivity index (χ1n) is 8.21. The molecule has 3 nitrogen and oxygen atoms in total. The van der Waals surface area contributed by atoms with Crippen LogP contribution in [0.15, 0.2) is 24.3 Å². The summed E-state index contributed by atoms with van der Waals surface area (Å²) in [5.41, 5.74) is 1.01. The normalized spacial score (nSPS) is 12.1. The Bertz CT molecular complexity index is 400. The van der Waals surface area contributed by atoms with Crippen LogP contribution in [0.4, 0.5) is 0 Å². The topological polar surface area (TPSA) is 49.3 Å². The Hall–Kier alpha value is -1.51. The number of hydrogen-bond donors (Lipinski definition) is 2. The predicted octanol–water partition coefficient (Wildman–Crippen LogP) is 4.71. The van der Waals surface area contributed by atoms with Crippen molar-refractivity contribution in [2.24, 2.45) is 0 Å². The maximum absolute atomic E-state index is 11.9. The predicted molar refractivity (Wildman–Crippen MR) is 87.3 cm³/mol. The first kappa shape index (κ1) is 17.5. The van der Waals surface area contributed by atoms with E-state index in [0.717, 1.165) is 18.4 Å². The largest absolute Gasteiger partial charge is 0.508 e. The first-order valence-corrected chi connectivity index (χ1v) is 8.21. The molecule has 1 aromatic carbocycles. The number of amides is 1. The van der Waals surface area contributed by atoms with Gasteiger partial charge in [0, 0.05) is 6.42 Å². The van der Waals surface area contributed by atoms with Crippen molar-refractivity contribution in [3.05, 3.63) is 29.8 Å². The van der Waals surface area contributed by atoms with Crippen LogP contribution in [-0.4, -0.2) is 11.0 Å². The van der Waals surface area contributed by atoms with E-state index in [0.29, 0.717) is 6.42 Å². The smallest absolute Gasteiger partial charge is 0.220 e. The lowest BCUT2D eigenvalue weighted by Gasteiger charge is -2.14. The van der Waals surface area contributed by atoms with Gasteiger partial charge in [0.05, 0.1) is 6.04 Å². The number of carbonyl (C=O) groups is 1. The molecule has 1 atom stereocenters. The Labute approximate surface area is 128 Å². The molecule has 0 saturated carbocycles. The molecule has 0 radical (unpaired) electrons. The summed E-state index contributed by atoms with van der Waals surface area (Å²) >= 11 is 0. The molecule has 0 fully saturated rings. The van der Waals surface area contributed by atoms with Crippen molar-refractivity contribution in [1.82, 2.24) is 5.32 Å². The fourth-order valence-corrected chi connectivity index (χ4v) is 2.40. The third kappa shape index (κ3) is 7.74. The molecular formula is C18H29NO2. The van der Waals surface area contributed by atoms with Crippen molar-refractivity contribution in [3.8, 4) is 5.75 Å². The van der Waals surface area contributed by atoms with Crippen LogP contribution in [0.5, 0.6) is 5.75 Å². The third-order valence-corrected chi connectivity index (χ3v) is 3.78. The second-order valence-electron chi connectivity index (χ2n) is 5.75. The standard InChI is InChI=1S/C18H29NO2/c1-3-4-5-6-7-8-9-10-18(21)19-15(2)16-11-13-17(20)14-12-16/h11-15,20H,3-10H2,1-2H3,(H,19,21). The zero-order valence-electron chi connectivity index (χ0n) is 13.4. The highest BCUT2D eigenvalue weighted by Crippen LogP contribution is 2.16. The summed E-state index contributed by atoms with van der Waals surface area (Å²) in [6.45, 7) is 4.19. The third-order valence-electron chi connectivity index (χ3n) is 3.78. The van der Waals surface area contributed by atoms with E-state index < -0.39 is 0 Å². The van der Waals surface area contributed by atoms with Crippen molar-refractivity contribution < 1.29 is 9.90 Å². The monoisotopic (exact) mass is 291 g/mol. The van der Waals surface area contributed by atoms with E-state index in [4.69, 9.17) is 0 Å². The van der Waals surface area contributed by atoms with Gasteiger partial charge in [-0.3, -0.25) is 4.79 Å². The maximum Gasteiger partial charge on any atom is 0.220 e. The maximum atomic E-state index is 11.9. The van der Waals surface area contributed by atoms with Crippen LogP contribution >= 0.6 is 0 Å². The number of carbonyl (C=O) groups excluding carboxylic acids is 1. The SMILES string of the molecule is CCCCCCCCCC(=O)NC(C)c1ccc(O)cc1. The van der Waals surface area contributed by atoms with E-state index in [-0.39, 0.29) is 17.7 Å². The van der Waals surface area contributed by atoms with Crippen molar-refractivity contribution in [3.63, 3.8) is 0 Å². The molecule has 1 amide bonds. The minimum Gasteiger partial charge on any atom is -0.508 e. The van der Waals surface area contributed by atoms with Crippen LogP contribution in [0.25, 0.3) is 0 Å². The molecule has 0 aliphatic heterocycles. The molecule has 0 aromatic heterocycles. The van der Waals surface area contributed by atoms with E-state index in [9.17, 15) is 9.90 Å². The molecule has 0 saturated heterocycles. The van der Waals surface area contributed by atoms with E-state index in [1.54, 1.807) is 12.1 Å².